The first-order valence-electron chi connectivity index (χ1n) is 5.75. The first kappa shape index (κ1) is 11.4. The van der Waals surface area contributed by atoms with Gasteiger partial charge in [-0.1, -0.05) is 18.2 Å². The minimum atomic E-state index is -0.431. The third-order valence-corrected chi connectivity index (χ3v) is 3.30. The van der Waals surface area contributed by atoms with Gasteiger partial charge < -0.3 is 4.57 Å². The van der Waals surface area contributed by atoms with Gasteiger partial charge in [0.25, 0.3) is 11.2 Å². The van der Waals surface area contributed by atoms with Crippen LogP contribution < -0.4 is 5.56 Å². The highest BCUT2D eigenvalue weighted by Gasteiger charge is 2.12. The Morgan fingerprint density at radius 2 is 1.74 bits per heavy atom. The van der Waals surface area contributed by atoms with E-state index in [9.17, 15) is 14.9 Å². The maximum Gasteiger partial charge on any atom is 0.270 e. The Hall–Kier alpha value is -2.69. The van der Waals surface area contributed by atoms with E-state index < -0.39 is 4.92 Å². The highest BCUT2D eigenvalue weighted by molar-refractivity contribution is 6.06. The zero-order chi connectivity index (χ0) is 13.6. The Morgan fingerprint density at radius 3 is 2.42 bits per heavy atom. The van der Waals surface area contributed by atoms with E-state index in [1.54, 1.807) is 25.2 Å². The predicted octanol–water partition coefficient (Wildman–Crippen LogP) is 2.60. The molecule has 0 radical (unpaired) electrons. The Morgan fingerprint density at radius 1 is 1.05 bits per heavy atom. The number of pyridine rings is 1. The molecule has 3 aromatic rings. The predicted molar refractivity (Wildman–Crippen MR) is 73.3 cm³/mol. The number of non-ortho nitro benzene ring substituents is 1. The van der Waals surface area contributed by atoms with Gasteiger partial charge in [-0.25, -0.2) is 0 Å². The molecule has 0 saturated heterocycles. The van der Waals surface area contributed by atoms with Gasteiger partial charge in [0.2, 0.25) is 0 Å². The van der Waals surface area contributed by atoms with Gasteiger partial charge in [-0.3, -0.25) is 14.9 Å². The largest absolute Gasteiger partial charge is 0.311 e. The molecule has 0 aliphatic rings. The molecule has 0 aliphatic carbocycles. The molecule has 5 heteroatoms. The Kier molecular flexibility index (Phi) is 2.35. The van der Waals surface area contributed by atoms with Gasteiger partial charge in [0.15, 0.2) is 0 Å². The smallest absolute Gasteiger partial charge is 0.270 e. The summed E-state index contributed by atoms with van der Waals surface area (Å²) in [5.74, 6) is 0. The Bertz CT molecular complexity index is 881. The van der Waals surface area contributed by atoms with E-state index in [0.29, 0.717) is 16.3 Å². The second-order valence-corrected chi connectivity index (χ2v) is 4.37. The summed E-state index contributed by atoms with van der Waals surface area (Å²) in [7, 11) is 1.67. The van der Waals surface area contributed by atoms with Crippen molar-refractivity contribution in [3.05, 3.63) is 62.9 Å². The van der Waals surface area contributed by atoms with Crippen molar-refractivity contribution in [3.8, 4) is 0 Å². The zero-order valence-electron chi connectivity index (χ0n) is 10.2. The zero-order valence-corrected chi connectivity index (χ0v) is 10.2. The number of nitrogens with zero attached hydrogens (tertiary/aromatic N) is 2. The number of aromatic nitrogens is 1. The number of nitro benzene ring substituents is 1. The summed E-state index contributed by atoms with van der Waals surface area (Å²) >= 11 is 0. The normalized spacial score (nSPS) is 11.0. The van der Waals surface area contributed by atoms with Gasteiger partial charge in [-0.2, -0.15) is 0 Å². The molecule has 0 aliphatic heterocycles. The molecule has 0 atom stereocenters. The van der Waals surface area contributed by atoms with Crippen LogP contribution >= 0.6 is 0 Å². The SMILES string of the molecule is Cn1c(=O)c2ccccc2c2cc([N+](=O)[O-])ccc21. The standard InChI is InChI=1S/C14H10N2O3/c1-15-13-7-6-9(16(18)19)8-12(13)10-4-2-3-5-11(10)14(15)17/h2-8H,1H3. The van der Waals surface area contributed by atoms with Crippen LogP contribution in [0.3, 0.4) is 0 Å². The summed E-state index contributed by atoms with van der Waals surface area (Å²) < 4.78 is 1.52. The van der Waals surface area contributed by atoms with Crippen LogP contribution in [-0.4, -0.2) is 9.49 Å². The molecule has 1 aromatic heterocycles. The summed E-state index contributed by atoms with van der Waals surface area (Å²) in [4.78, 5) is 22.6. The maximum atomic E-state index is 12.2. The first-order valence-corrected chi connectivity index (χ1v) is 5.75. The van der Waals surface area contributed by atoms with Crippen LogP contribution in [0.5, 0.6) is 0 Å². The molecule has 1 heterocycles. The van der Waals surface area contributed by atoms with Crippen LogP contribution in [0.25, 0.3) is 21.7 Å². The number of benzene rings is 2. The number of hydrogen-bond acceptors (Lipinski definition) is 3. The highest BCUT2D eigenvalue weighted by Crippen LogP contribution is 2.26. The molecule has 2 aromatic carbocycles. The lowest BCUT2D eigenvalue weighted by Gasteiger charge is -2.08. The summed E-state index contributed by atoms with van der Waals surface area (Å²) in [5, 5.41) is 12.9. The summed E-state index contributed by atoms with van der Waals surface area (Å²) in [5.41, 5.74) is 0.613. The maximum absolute atomic E-state index is 12.2. The van der Waals surface area contributed by atoms with Gasteiger partial charge in [0.05, 0.1) is 10.4 Å². The van der Waals surface area contributed by atoms with E-state index >= 15 is 0 Å². The van der Waals surface area contributed by atoms with Crippen LogP contribution in [0.4, 0.5) is 5.69 Å². The number of hydrogen-bond donors (Lipinski definition) is 0. The number of rotatable bonds is 1. The Labute approximate surface area is 107 Å². The van der Waals surface area contributed by atoms with E-state index in [4.69, 9.17) is 0 Å². The molecular weight excluding hydrogens is 244 g/mol. The van der Waals surface area contributed by atoms with Gasteiger partial charge in [-0.15, -0.1) is 0 Å². The minimum Gasteiger partial charge on any atom is -0.311 e. The van der Waals surface area contributed by atoms with Crippen LogP contribution in [0, 0.1) is 10.1 Å². The fourth-order valence-corrected chi connectivity index (χ4v) is 2.34. The van der Waals surface area contributed by atoms with Gasteiger partial charge in [0.1, 0.15) is 0 Å². The first-order chi connectivity index (χ1) is 9.09. The van der Waals surface area contributed by atoms with E-state index in [-0.39, 0.29) is 11.2 Å². The average Bonchev–Trinajstić information content (AvgIpc) is 2.44. The fraction of sp³-hybridized carbons (Fsp3) is 0.0714. The molecule has 5 nitrogen and oxygen atoms in total. The van der Waals surface area contributed by atoms with Gasteiger partial charge in [-0.05, 0) is 17.5 Å². The topological polar surface area (TPSA) is 65.1 Å². The number of fused-ring (bicyclic) bond motifs is 3. The van der Waals surface area contributed by atoms with Crippen molar-refractivity contribution >= 4 is 27.4 Å². The molecule has 19 heavy (non-hydrogen) atoms. The number of nitro groups is 1. The molecule has 0 fully saturated rings. The summed E-state index contributed by atoms with van der Waals surface area (Å²) in [6.45, 7) is 0. The van der Waals surface area contributed by atoms with E-state index in [1.807, 2.05) is 12.1 Å². The van der Waals surface area contributed by atoms with Crippen molar-refractivity contribution in [2.45, 2.75) is 0 Å². The molecule has 0 saturated carbocycles. The second kappa shape index (κ2) is 3.91. The van der Waals surface area contributed by atoms with E-state index in [1.165, 1.54) is 16.7 Å². The molecule has 0 amide bonds. The van der Waals surface area contributed by atoms with Crippen molar-refractivity contribution < 1.29 is 4.92 Å². The van der Waals surface area contributed by atoms with Gasteiger partial charge in [0, 0.05) is 30.0 Å². The van der Waals surface area contributed by atoms with Crippen molar-refractivity contribution in [2.24, 2.45) is 7.05 Å². The van der Waals surface area contributed by atoms with Crippen LogP contribution in [0.1, 0.15) is 0 Å². The molecule has 0 N–H and O–H groups in total. The number of aryl methyl sites for hydroxylation is 1. The fourth-order valence-electron chi connectivity index (χ4n) is 2.34. The third kappa shape index (κ3) is 1.59. The molecule has 3 rings (SSSR count). The van der Waals surface area contributed by atoms with E-state index in [0.717, 1.165) is 5.39 Å². The highest BCUT2D eigenvalue weighted by atomic mass is 16.6. The molecule has 94 valence electrons. The Balaban J connectivity index is 2.60. The van der Waals surface area contributed by atoms with Gasteiger partial charge >= 0.3 is 0 Å². The summed E-state index contributed by atoms with van der Waals surface area (Å²) in [6.07, 6.45) is 0. The van der Waals surface area contributed by atoms with Crippen molar-refractivity contribution in [3.63, 3.8) is 0 Å². The lowest BCUT2D eigenvalue weighted by molar-refractivity contribution is -0.384. The van der Waals surface area contributed by atoms with Crippen molar-refractivity contribution in [1.82, 2.24) is 4.57 Å². The van der Waals surface area contributed by atoms with Crippen LogP contribution in [0.15, 0.2) is 47.3 Å². The molecule has 0 unspecified atom stereocenters. The lowest BCUT2D eigenvalue weighted by atomic mass is 10.1. The van der Waals surface area contributed by atoms with Crippen molar-refractivity contribution in [1.29, 1.82) is 0 Å². The monoisotopic (exact) mass is 254 g/mol. The van der Waals surface area contributed by atoms with Crippen LogP contribution in [0.2, 0.25) is 0 Å². The molecule has 0 bridgehead atoms. The third-order valence-electron chi connectivity index (χ3n) is 3.30. The van der Waals surface area contributed by atoms with E-state index in [2.05, 4.69) is 0 Å². The van der Waals surface area contributed by atoms with Crippen LogP contribution in [-0.2, 0) is 7.05 Å². The minimum absolute atomic E-state index is 0.0244. The van der Waals surface area contributed by atoms with Crippen molar-refractivity contribution in [2.75, 3.05) is 0 Å². The lowest BCUT2D eigenvalue weighted by Crippen LogP contribution is -2.17. The second-order valence-electron chi connectivity index (χ2n) is 4.37. The average molecular weight is 254 g/mol. The summed E-state index contributed by atoms with van der Waals surface area (Å²) in [6, 6.07) is 11.7. The molecule has 0 spiro atoms. The molecular formula is C14H10N2O3. The quantitative estimate of drug-likeness (QED) is 0.381.